The zero-order chi connectivity index (χ0) is 15.6. The maximum atomic E-state index is 12.0. The summed E-state index contributed by atoms with van der Waals surface area (Å²) in [4.78, 5) is 12.0. The van der Waals surface area contributed by atoms with E-state index in [4.69, 9.17) is 11.6 Å². The summed E-state index contributed by atoms with van der Waals surface area (Å²) in [6.45, 7) is 0.363. The number of hydrogen-bond donors (Lipinski definition) is 4. The van der Waals surface area contributed by atoms with Crippen LogP contribution in [0, 0.1) is 0 Å². The number of aliphatic hydroxyl groups excluding tert-OH is 1. The molecule has 1 aromatic carbocycles. The van der Waals surface area contributed by atoms with Gasteiger partial charge in [-0.25, -0.2) is 8.42 Å². The molecule has 1 fully saturated rings. The number of hydrogen-bond acceptors (Lipinski definition) is 5. The van der Waals surface area contributed by atoms with Crippen molar-refractivity contribution < 1.29 is 18.3 Å². The minimum absolute atomic E-state index is 0.293. The van der Waals surface area contributed by atoms with Crippen molar-refractivity contribution >= 4 is 38.9 Å². The van der Waals surface area contributed by atoms with Crippen LogP contribution in [0.2, 0.25) is 5.02 Å². The number of benzene rings is 1. The highest BCUT2D eigenvalue weighted by atomic mass is 35.5. The number of β-amino-alcohol motifs (C(OH)–C–C–N with tert-alkyl or cyclic N) is 1. The fourth-order valence-electron chi connectivity index (χ4n) is 2.04. The molecular weight excluding hydrogens is 318 g/mol. The second kappa shape index (κ2) is 6.18. The molecule has 2 unspecified atom stereocenters. The van der Waals surface area contributed by atoms with E-state index in [0.29, 0.717) is 29.4 Å². The minimum atomic E-state index is -3.41. The van der Waals surface area contributed by atoms with Crippen LogP contribution < -0.4 is 15.4 Å². The molecule has 0 spiro atoms. The molecule has 0 aromatic heterocycles. The van der Waals surface area contributed by atoms with Crippen molar-refractivity contribution in [1.82, 2.24) is 5.32 Å². The predicted octanol–water partition coefficient (Wildman–Crippen LogP) is 0.373. The maximum absolute atomic E-state index is 12.0. The molecule has 2 atom stereocenters. The Labute approximate surface area is 127 Å². The molecule has 116 valence electrons. The quantitative estimate of drug-likeness (QED) is 0.637. The summed E-state index contributed by atoms with van der Waals surface area (Å²) in [7, 11) is -3.41. The van der Waals surface area contributed by atoms with Gasteiger partial charge in [0.1, 0.15) is 0 Å². The molecule has 1 heterocycles. The Morgan fingerprint density at radius 2 is 2.19 bits per heavy atom. The van der Waals surface area contributed by atoms with Gasteiger partial charge >= 0.3 is 0 Å². The Bertz CT molecular complexity index is 650. The van der Waals surface area contributed by atoms with E-state index in [-0.39, 0.29) is 5.91 Å². The lowest BCUT2D eigenvalue weighted by Gasteiger charge is -2.13. The van der Waals surface area contributed by atoms with Crippen LogP contribution >= 0.6 is 11.6 Å². The van der Waals surface area contributed by atoms with Crippen LogP contribution in [0.4, 0.5) is 11.4 Å². The topological polar surface area (TPSA) is 108 Å². The van der Waals surface area contributed by atoms with Crippen LogP contribution in [0.25, 0.3) is 0 Å². The molecule has 9 heteroatoms. The standard InChI is InChI=1S/C12H16ClN3O4S/c1-21(19,20)16-7-2-3-9(13)10(4-7)15-12(18)11-5-8(17)6-14-11/h2-4,8,11,14,16-17H,5-6H2,1H3,(H,15,18). The summed E-state index contributed by atoms with van der Waals surface area (Å²) in [6, 6.07) is 3.92. The molecule has 1 aliphatic heterocycles. The van der Waals surface area contributed by atoms with E-state index in [0.717, 1.165) is 6.26 Å². The van der Waals surface area contributed by atoms with Crippen molar-refractivity contribution in [3.05, 3.63) is 23.2 Å². The van der Waals surface area contributed by atoms with Gasteiger partial charge in [0.15, 0.2) is 0 Å². The van der Waals surface area contributed by atoms with E-state index < -0.39 is 22.2 Å². The van der Waals surface area contributed by atoms with Crippen molar-refractivity contribution in [2.75, 3.05) is 22.8 Å². The molecule has 7 nitrogen and oxygen atoms in total. The summed E-state index contributed by atoms with van der Waals surface area (Å²) in [5.74, 6) is -0.329. The van der Waals surface area contributed by atoms with Gasteiger partial charge in [0, 0.05) is 6.54 Å². The van der Waals surface area contributed by atoms with Crippen molar-refractivity contribution in [3.8, 4) is 0 Å². The number of rotatable bonds is 4. The molecule has 4 N–H and O–H groups in total. The van der Waals surface area contributed by atoms with E-state index in [1.54, 1.807) is 0 Å². The average Bonchev–Trinajstić information content (AvgIpc) is 2.78. The third kappa shape index (κ3) is 4.57. The Balaban J connectivity index is 2.12. The Morgan fingerprint density at radius 3 is 2.76 bits per heavy atom. The fourth-order valence-corrected chi connectivity index (χ4v) is 2.76. The van der Waals surface area contributed by atoms with Crippen LogP contribution in [-0.2, 0) is 14.8 Å². The van der Waals surface area contributed by atoms with Gasteiger partial charge in [0.2, 0.25) is 15.9 Å². The summed E-state index contributed by atoms with van der Waals surface area (Å²) in [5.41, 5.74) is 0.607. The first-order chi connectivity index (χ1) is 9.74. The number of aliphatic hydroxyl groups is 1. The summed E-state index contributed by atoms with van der Waals surface area (Å²) in [5, 5.41) is 15.2. The molecule has 1 amide bonds. The Kier molecular flexibility index (Phi) is 4.72. The fraction of sp³-hybridized carbons (Fsp3) is 0.417. The normalized spacial score (nSPS) is 22.0. The van der Waals surface area contributed by atoms with E-state index in [9.17, 15) is 18.3 Å². The summed E-state index contributed by atoms with van der Waals surface area (Å²) < 4.78 is 24.7. The van der Waals surface area contributed by atoms with E-state index >= 15 is 0 Å². The SMILES string of the molecule is CS(=O)(=O)Nc1ccc(Cl)c(NC(=O)C2CC(O)CN2)c1. The largest absolute Gasteiger partial charge is 0.392 e. The Hall–Kier alpha value is -1.35. The first-order valence-corrected chi connectivity index (χ1v) is 8.51. The van der Waals surface area contributed by atoms with Gasteiger partial charge in [-0.1, -0.05) is 11.6 Å². The first-order valence-electron chi connectivity index (χ1n) is 6.24. The van der Waals surface area contributed by atoms with Gasteiger partial charge in [-0.05, 0) is 24.6 Å². The number of halogens is 1. The van der Waals surface area contributed by atoms with Gasteiger partial charge < -0.3 is 15.7 Å². The lowest BCUT2D eigenvalue weighted by Crippen LogP contribution is -2.35. The third-order valence-corrected chi connectivity index (χ3v) is 3.89. The highest BCUT2D eigenvalue weighted by Crippen LogP contribution is 2.26. The van der Waals surface area contributed by atoms with Gasteiger partial charge in [0.25, 0.3) is 0 Å². The lowest BCUT2D eigenvalue weighted by molar-refractivity contribution is -0.117. The number of carbonyl (C=O) groups excluding carboxylic acids is 1. The van der Waals surface area contributed by atoms with Gasteiger partial charge in [0.05, 0.1) is 34.8 Å². The van der Waals surface area contributed by atoms with Crippen LogP contribution in [0.15, 0.2) is 18.2 Å². The number of carbonyl (C=O) groups is 1. The number of amides is 1. The van der Waals surface area contributed by atoms with Gasteiger partial charge in [-0.2, -0.15) is 0 Å². The minimum Gasteiger partial charge on any atom is -0.392 e. The molecule has 0 bridgehead atoms. The van der Waals surface area contributed by atoms with E-state index in [1.807, 2.05) is 0 Å². The van der Waals surface area contributed by atoms with E-state index in [1.165, 1.54) is 18.2 Å². The van der Waals surface area contributed by atoms with Crippen molar-refractivity contribution in [2.24, 2.45) is 0 Å². The third-order valence-electron chi connectivity index (χ3n) is 2.95. The first kappa shape index (κ1) is 16.0. The maximum Gasteiger partial charge on any atom is 0.241 e. The monoisotopic (exact) mass is 333 g/mol. The second-order valence-corrected chi connectivity index (χ2v) is 7.06. The molecule has 1 saturated heterocycles. The van der Waals surface area contributed by atoms with Crippen molar-refractivity contribution in [1.29, 1.82) is 0 Å². The van der Waals surface area contributed by atoms with Crippen LogP contribution in [0.1, 0.15) is 6.42 Å². The predicted molar refractivity (Wildman–Crippen MR) is 81.0 cm³/mol. The molecule has 0 saturated carbocycles. The van der Waals surface area contributed by atoms with Crippen LogP contribution in [0.3, 0.4) is 0 Å². The van der Waals surface area contributed by atoms with Crippen LogP contribution in [0.5, 0.6) is 0 Å². The molecule has 1 aliphatic rings. The number of anilines is 2. The van der Waals surface area contributed by atoms with Gasteiger partial charge in [-0.15, -0.1) is 0 Å². The molecule has 0 radical (unpaired) electrons. The smallest absolute Gasteiger partial charge is 0.241 e. The average molecular weight is 334 g/mol. The van der Waals surface area contributed by atoms with Crippen molar-refractivity contribution in [3.63, 3.8) is 0 Å². The second-order valence-electron chi connectivity index (χ2n) is 4.91. The van der Waals surface area contributed by atoms with Crippen molar-refractivity contribution in [2.45, 2.75) is 18.6 Å². The van der Waals surface area contributed by atoms with Crippen LogP contribution in [-0.4, -0.2) is 44.4 Å². The Morgan fingerprint density at radius 1 is 1.48 bits per heavy atom. The molecule has 2 rings (SSSR count). The zero-order valence-electron chi connectivity index (χ0n) is 11.3. The number of sulfonamides is 1. The molecule has 1 aromatic rings. The zero-order valence-corrected chi connectivity index (χ0v) is 12.8. The summed E-state index contributed by atoms with van der Waals surface area (Å²) >= 11 is 5.99. The highest BCUT2D eigenvalue weighted by molar-refractivity contribution is 7.92. The highest BCUT2D eigenvalue weighted by Gasteiger charge is 2.28. The summed E-state index contributed by atoms with van der Waals surface area (Å²) in [6.07, 6.45) is 0.809. The van der Waals surface area contributed by atoms with Gasteiger partial charge in [-0.3, -0.25) is 9.52 Å². The molecule has 0 aliphatic carbocycles. The lowest BCUT2D eigenvalue weighted by atomic mass is 10.2. The van der Waals surface area contributed by atoms with E-state index in [2.05, 4.69) is 15.4 Å². The number of nitrogens with one attached hydrogen (secondary N) is 3. The molecule has 21 heavy (non-hydrogen) atoms. The molecular formula is C12H16ClN3O4S.